The Balaban J connectivity index is 2.05. The van der Waals surface area contributed by atoms with Crippen LogP contribution in [0.25, 0.3) is 4.96 Å². The summed E-state index contributed by atoms with van der Waals surface area (Å²) >= 11 is 1.27. The van der Waals surface area contributed by atoms with E-state index in [0.29, 0.717) is 23.3 Å². The van der Waals surface area contributed by atoms with Crippen LogP contribution in [0.3, 0.4) is 0 Å². The summed E-state index contributed by atoms with van der Waals surface area (Å²) in [4.78, 5) is 29.8. The first-order valence-electron chi connectivity index (χ1n) is 6.60. The van der Waals surface area contributed by atoms with Gasteiger partial charge in [0.25, 0.3) is 5.56 Å². The summed E-state index contributed by atoms with van der Waals surface area (Å²) in [6, 6.07) is 1.15. The molecule has 1 aliphatic rings. The second-order valence-electron chi connectivity index (χ2n) is 4.38. The van der Waals surface area contributed by atoms with Gasteiger partial charge < -0.3 is 14.4 Å². The fourth-order valence-electron chi connectivity index (χ4n) is 2.04. The van der Waals surface area contributed by atoms with Crippen LogP contribution in [0.2, 0.25) is 0 Å². The van der Waals surface area contributed by atoms with Crippen LogP contribution < -0.4 is 10.5 Å². The number of hydrogen-bond acceptors (Lipinski definition) is 8. The number of carbonyl (C=O) groups excluding carboxylic acids is 1. The van der Waals surface area contributed by atoms with Crippen molar-refractivity contribution in [3.63, 3.8) is 0 Å². The molecule has 9 heteroatoms. The van der Waals surface area contributed by atoms with E-state index < -0.39 is 11.5 Å². The standard InChI is InChI=1S/C12H14N4O4S/c1-2-20-10(18)8-7-9(17)13-11-16(8)14-12(21-11)15-3-5-19-6-4-15/h7H,2-6H2,1H3. The SMILES string of the molecule is CCOC(=O)c1cc(=O)nc2sc(N3CCOCC3)nn12. The number of morpholine rings is 1. The van der Waals surface area contributed by atoms with Gasteiger partial charge in [-0.05, 0) is 6.92 Å². The first kappa shape index (κ1) is 14.0. The lowest BCUT2D eigenvalue weighted by atomic mass is 10.4. The van der Waals surface area contributed by atoms with Crippen LogP contribution in [-0.2, 0) is 9.47 Å². The van der Waals surface area contributed by atoms with Gasteiger partial charge in [0.05, 0.1) is 19.8 Å². The van der Waals surface area contributed by atoms with Gasteiger partial charge in [-0.25, -0.2) is 4.79 Å². The molecule has 2 aromatic rings. The minimum atomic E-state index is -0.578. The predicted octanol–water partition coefficient (Wildman–Crippen LogP) is 0.164. The third-order valence-corrected chi connectivity index (χ3v) is 3.98. The Hall–Kier alpha value is -2.00. The van der Waals surface area contributed by atoms with Crippen molar-refractivity contribution in [2.45, 2.75) is 6.92 Å². The quantitative estimate of drug-likeness (QED) is 0.747. The zero-order valence-corrected chi connectivity index (χ0v) is 12.3. The average molecular weight is 310 g/mol. The average Bonchev–Trinajstić information content (AvgIpc) is 2.91. The fourth-order valence-corrected chi connectivity index (χ4v) is 3.00. The number of esters is 1. The summed E-state index contributed by atoms with van der Waals surface area (Å²) in [5, 5.41) is 5.09. The van der Waals surface area contributed by atoms with E-state index in [0.717, 1.165) is 19.2 Å². The van der Waals surface area contributed by atoms with Crippen LogP contribution in [0, 0.1) is 0 Å². The van der Waals surface area contributed by atoms with E-state index in [2.05, 4.69) is 10.1 Å². The van der Waals surface area contributed by atoms with Crippen molar-refractivity contribution >= 4 is 27.4 Å². The molecule has 0 N–H and O–H groups in total. The second-order valence-corrected chi connectivity index (χ2v) is 5.31. The van der Waals surface area contributed by atoms with E-state index >= 15 is 0 Å². The molecule has 8 nitrogen and oxygen atoms in total. The number of aromatic nitrogens is 3. The first-order chi connectivity index (χ1) is 10.2. The molecule has 3 heterocycles. The molecule has 21 heavy (non-hydrogen) atoms. The summed E-state index contributed by atoms with van der Waals surface area (Å²) in [5.74, 6) is -0.578. The molecule has 0 aromatic carbocycles. The molecular formula is C12H14N4O4S. The van der Waals surface area contributed by atoms with Crippen molar-refractivity contribution in [1.29, 1.82) is 0 Å². The Bertz CT molecular complexity index is 720. The highest BCUT2D eigenvalue weighted by Gasteiger charge is 2.20. The summed E-state index contributed by atoms with van der Waals surface area (Å²) in [7, 11) is 0. The number of fused-ring (bicyclic) bond motifs is 1. The number of ether oxygens (including phenoxy) is 2. The van der Waals surface area contributed by atoms with E-state index in [1.807, 2.05) is 4.90 Å². The molecule has 1 saturated heterocycles. The molecule has 3 rings (SSSR count). The third-order valence-electron chi connectivity index (χ3n) is 3.01. The van der Waals surface area contributed by atoms with Crippen LogP contribution in [-0.4, -0.2) is 53.5 Å². The fraction of sp³-hybridized carbons (Fsp3) is 0.500. The Morgan fingerprint density at radius 1 is 1.48 bits per heavy atom. The lowest BCUT2D eigenvalue weighted by Gasteiger charge is -2.25. The summed E-state index contributed by atoms with van der Waals surface area (Å²) < 4.78 is 11.6. The molecular weight excluding hydrogens is 296 g/mol. The zero-order valence-electron chi connectivity index (χ0n) is 11.4. The highest BCUT2D eigenvalue weighted by atomic mass is 32.1. The molecule has 2 aromatic heterocycles. The van der Waals surface area contributed by atoms with Gasteiger partial charge in [0.15, 0.2) is 5.69 Å². The molecule has 0 radical (unpaired) electrons. The van der Waals surface area contributed by atoms with Crippen LogP contribution >= 0.6 is 11.3 Å². The lowest BCUT2D eigenvalue weighted by molar-refractivity contribution is 0.0516. The Morgan fingerprint density at radius 2 is 2.24 bits per heavy atom. The van der Waals surface area contributed by atoms with Crippen molar-refractivity contribution in [3.05, 3.63) is 22.1 Å². The van der Waals surface area contributed by atoms with Crippen LogP contribution in [0.4, 0.5) is 5.13 Å². The van der Waals surface area contributed by atoms with Crippen molar-refractivity contribution in [2.75, 3.05) is 37.8 Å². The molecule has 112 valence electrons. The van der Waals surface area contributed by atoms with Gasteiger partial charge in [0, 0.05) is 19.2 Å². The summed E-state index contributed by atoms with van der Waals surface area (Å²) in [6.07, 6.45) is 0. The number of hydrogen-bond donors (Lipinski definition) is 0. The Morgan fingerprint density at radius 3 is 2.95 bits per heavy atom. The number of anilines is 1. The van der Waals surface area contributed by atoms with Crippen molar-refractivity contribution in [1.82, 2.24) is 14.6 Å². The third kappa shape index (κ3) is 2.74. The monoisotopic (exact) mass is 310 g/mol. The number of rotatable bonds is 3. The van der Waals surface area contributed by atoms with E-state index in [9.17, 15) is 9.59 Å². The maximum Gasteiger partial charge on any atom is 0.357 e. The molecule has 0 amide bonds. The number of carbonyl (C=O) groups is 1. The minimum absolute atomic E-state index is 0.0996. The van der Waals surface area contributed by atoms with Gasteiger partial charge in [0.2, 0.25) is 10.1 Å². The van der Waals surface area contributed by atoms with E-state index in [1.165, 1.54) is 15.9 Å². The zero-order chi connectivity index (χ0) is 14.8. The smallest absolute Gasteiger partial charge is 0.357 e. The van der Waals surface area contributed by atoms with Crippen molar-refractivity contribution < 1.29 is 14.3 Å². The summed E-state index contributed by atoms with van der Waals surface area (Å²) in [6.45, 7) is 4.65. The molecule has 0 spiro atoms. The Labute approximate surface area is 123 Å². The van der Waals surface area contributed by atoms with Crippen molar-refractivity contribution in [2.24, 2.45) is 0 Å². The van der Waals surface area contributed by atoms with E-state index in [1.54, 1.807) is 6.92 Å². The second kappa shape index (κ2) is 5.78. The lowest BCUT2D eigenvalue weighted by Crippen LogP contribution is -2.36. The topological polar surface area (TPSA) is 86.0 Å². The van der Waals surface area contributed by atoms with Gasteiger partial charge in [0.1, 0.15) is 0 Å². The number of nitrogens with zero attached hydrogens (tertiary/aromatic N) is 4. The molecule has 0 aliphatic carbocycles. The summed E-state index contributed by atoms with van der Waals surface area (Å²) in [5.41, 5.74) is -0.377. The van der Waals surface area contributed by atoms with E-state index in [-0.39, 0.29) is 12.3 Å². The molecule has 0 unspecified atom stereocenters. The van der Waals surface area contributed by atoms with Gasteiger partial charge in [-0.15, -0.1) is 5.10 Å². The largest absolute Gasteiger partial charge is 0.461 e. The van der Waals surface area contributed by atoms with Gasteiger partial charge in [-0.1, -0.05) is 11.3 Å². The molecule has 1 fully saturated rings. The van der Waals surface area contributed by atoms with Crippen molar-refractivity contribution in [3.8, 4) is 0 Å². The molecule has 1 aliphatic heterocycles. The predicted molar refractivity (Wildman–Crippen MR) is 76.1 cm³/mol. The van der Waals surface area contributed by atoms with Gasteiger partial charge in [-0.3, -0.25) is 4.79 Å². The minimum Gasteiger partial charge on any atom is -0.461 e. The maximum absolute atomic E-state index is 11.9. The molecule has 0 atom stereocenters. The van der Waals surface area contributed by atoms with Gasteiger partial charge >= 0.3 is 5.97 Å². The first-order valence-corrected chi connectivity index (χ1v) is 7.41. The highest BCUT2D eigenvalue weighted by Crippen LogP contribution is 2.23. The highest BCUT2D eigenvalue weighted by molar-refractivity contribution is 7.20. The van der Waals surface area contributed by atoms with Crippen LogP contribution in [0.5, 0.6) is 0 Å². The maximum atomic E-state index is 11.9. The van der Waals surface area contributed by atoms with E-state index in [4.69, 9.17) is 9.47 Å². The van der Waals surface area contributed by atoms with Crippen LogP contribution in [0.1, 0.15) is 17.4 Å². The van der Waals surface area contributed by atoms with Gasteiger partial charge in [-0.2, -0.15) is 9.50 Å². The van der Waals surface area contributed by atoms with Crippen LogP contribution in [0.15, 0.2) is 10.9 Å². The normalized spacial score (nSPS) is 15.4. The Kier molecular flexibility index (Phi) is 3.84. The molecule has 0 saturated carbocycles. The molecule has 0 bridgehead atoms.